The van der Waals surface area contributed by atoms with Crippen LogP contribution >= 0.6 is 0 Å². The number of benzene rings is 1. The molecular formula is C19H19F3N4O2. The monoisotopic (exact) mass is 392 g/mol. The average molecular weight is 392 g/mol. The molecule has 6 nitrogen and oxygen atoms in total. The molecule has 0 N–H and O–H groups in total. The van der Waals surface area contributed by atoms with Crippen LogP contribution in [0.5, 0.6) is 5.75 Å². The third kappa shape index (κ3) is 4.41. The lowest BCUT2D eigenvalue weighted by molar-refractivity contribution is -0.153. The van der Waals surface area contributed by atoms with E-state index in [0.717, 1.165) is 12.1 Å². The Morgan fingerprint density at radius 2 is 1.86 bits per heavy atom. The third-order valence-corrected chi connectivity index (χ3v) is 4.04. The molecule has 1 aromatic carbocycles. The molecule has 0 aliphatic carbocycles. The number of halogens is 3. The van der Waals surface area contributed by atoms with Crippen molar-refractivity contribution in [3.05, 3.63) is 58.8 Å². The van der Waals surface area contributed by atoms with Crippen molar-refractivity contribution in [2.75, 3.05) is 6.61 Å². The highest BCUT2D eigenvalue weighted by Gasteiger charge is 2.28. The molecular weight excluding hydrogens is 373 g/mol. The van der Waals surface area contributed by atoms with E-state index in [1.807, 2.05) is 6.92 Å². The predicted molar refractivity (Wildman–Crippen MR) is 97.6 cm³/mol. The van der Waals surface area contributed by atoms with E-state index in [-0.39, 0.29) is 11.3 Å². The number of hydrogen-bond acceptors (Lipinski definition) is 4. The number of alkyl halides is 3. The quantitative estimate of drug-likeness (QED) is 0.644. The van der Waals surface area contributed by atoms with Crippen molar-refractivity contribution in [2.24, 2.45) is 7.05 Å². The second-order valence-electron chi connectivity index (χ2n) is 6.22. The Morgan fingerprint density at radius 3 is 2.43 bits per heavy atom. The molecule has 3 rings (SSSR count). The first-order valence-corrected chi connectivity index (χ1v) is 8.70. The minimum Gasteiger partial charge on any atom is -0.484 e. The SMILES string of the molecule is CCCc1nc(-c2ccnn2C)cc(=O)n1-c1ccc(OCC(F)(F)F)cc1. The molecule has 28 heavy (non-hydrogen) atoms. The van der Waals surface area contributed by atoms with Gasteiger partial charge in [0.05, 0.1) is 17.1 Å². The first kappa shape index (κ1) is 19.7. The Kier molecular flexibility index (Phi) is 5.53. The van der Waals surface area contributed by atoms with Crippen LogP contribution in [0.25, 0.3) is 17.1 Å². The Hall–Kier alpha value is -3.10. The summed E-state index contributed by atoms with van der Waals surface area (Å²) >= 11 is 0. The van der Waals surface area contributed by atoms with Gasteiger partial charge in [-0.25, -0.2) is 4.98 Å². The number of aryl methyl sites for hydroxylation is 2. The Bertz CT molecular complexity index is 1010. The van der Waals surface area contributed by atoms with E-state index >= 15 is 0 Å². The van der Waals surface area contributed by atoms with Crippen molar-refractivity contribution in [3.8, 4) is 22.8 Å². The second-order valence-corrected chi connectivity index (χ2v) is 6.22. The first-order valence-electron chi connectivity index (χ1n) is 8.70. The maximum absolute atomic E-state index is 12.8. The van der Waals surface area contributed by atoms with Gasteiger partial charge in [0.25, 0.3) is 5.56 Å². The second kappa shape index (κ2) is 7.87. The molecule has 2 aromatic heterocycles. The molecule has 0 saturated heterocycles. The number of rotatable bonds is 6. The van der Waals surface area contributed by atoms with Gasteiger partial charge in [-0.3, -0.25) is 14.0 Å². The highest BCUT2D eigenvalue weighted by molar-refractivity contribution is 5.54. The molecule has 3 aromatic rings. The normalized spacial score (nSPS) is 11.6. The zero-order chi connectivity index (χ0) is 20.3. The van der Waals surface area contributed by atoms with Gasteiger partial charge < -0.3 is 4.74 Å². The van der Waals surface area contributed by atoms with Crippen LogP contribution in [0.4, 0.5) is 13.2 Å². The van der Waals surface area contributed by atoms with Crippen molar-refractivity contribution >= 4 is 0 Å². The summed E-state index contributed by atoms with van der Waals surface area (Å²) in [5.41, 5.74) is 1.47. The molecule has 0 aliphatic rings. The lowest BCUT2D eigenvalue weighted by Gasteiger charge is -2.14. The number of nitrogens with zero attached hydrogens (tertiary/aromatic N) is 4. The summed E-state index contributed by atoms with van der Waals surface area (Å²) in [7, 11) is 1.77. The Balaban J connectivity index is 1.97. The summed E-state index contributed by atoms with van der Waals surface area (Å²) in [4.78, 5) is 17.4. The van der Waals surface area contributed by atoms with E-state index in [1.54, 1.807) is 24.0 Å². The number of ether oxygens (including phenoxy) is 1. The molecule has 0 amide bonds. The molecule has 0 radical (unpaired) electrons. The zero-order valence-electron chi connectivity index (χ0n) is 15.4. The molecule has 0 spiro atoms. The van der Waals surface area contributed by atoms with Gasteiger partial charge in [-0.1, -0.05) is 6.92 Å². The van der Waals surface area contributed by atoms with Crippen LogP contribution in [0.2, 0.25) is 0 Å². The van der Waals surface area contributed by atoms with Gasteiger partial charge in [-0.15, -0.1) is 0 Å². The highest BCUT2D eigenvalue weighted by Crippen LogP contribution is 2.21. The third-order valence-electron chi connectivity index (χ3n) is 4.04. The van der Waals surface area contributed by atoms with Crippen LogP contribution in [0, 0.1) is 0 Å². The predicted octanol–water partition coefficient (Wildman–Crippen LogP) is 3.53. The van der Waals surface area contributed by atoms with Gasteiger partial charge in [0, 0.05) is 25.7 Å². The minimum absolute atomic E-state index is 0.0747. The van der Waals surface area contributed by atoms with Crippen LogP contribution in [0.3, 0.4) is 0 Å². The summed E-state index contributed by atoms with van der Waals surface area (Å²) in [6.07, 6.45) is -1.45. The lowest BCUT2D eigenvalue weighted by atomic mass is 10.2. The van der Waals surface area contributed by atoms with E-state index in [9.17, 15) is 18.0 Å². The fourth-order valence-electron chi connectivity index (χ4n) is 2.81. The van der Waals surface area contributed by atoms with Gasteiger partial charge in [-0.05, 0) is 36.8 Å². The molecule has 9 heteroatoms. The first-order chi connectivity index (χ1) is 13.3. The Morgan fingerprint density at radius 1 is 1.14 bits per heavy atom. The summed E-state index contributed by atoms with van der Waals surface area (Å²) in [6, 6.07) is 9.07. The molecule has 0 saturated carbocycles. The van der Waals surface area contributed by atoms with Gasteiger partial charge >= 0.3 is 6.18 Å². The fourth-order valence-corrected chi connectivity index (χ4v) is 2.81. The van der Waals surface area contributed by atoms with Crippen LogP contribution in [-0.4, -0.2) is 32.1 Å². The summed E-state index contributed by atoms with van der Waals surface area (Å²) in [6.45, 7) is 0.607. The Labute approximate surface area is 159 Å². The standard InChI is InChI=1S/C19H19F3N4O2/c1-3-4-17-24-15(16-9-10-23-25(16)2)11-18(27)26(17)13-5-7-14(8-6-13)28-12-19(20,21)22/h5-11H,3-4,12H2,1-2H3. The van der Waals surface area contributed by atoms with Crippen LogP contribution < -0.4 is 10.3 Å². The summed E-state index contributed by atoms with van der Waals surface area (Å²) in [5.74, 6) is 0.640. The zero-order valence-corrected chi connectivity index (χ0v) is 15.4. The lowest BCUT2D eigenvalue weighted by Crippen LogP contribution is -2.23. The maximum Gasteiger partial charge on any atom is 0.422 e. The molecule has 0 aliphatic heterocycles. The summed E-state index contributed by atoms with van der Waals surface area (Å²) in [5, 5.41) is 4.10. The van der Waals surface area contributed by atoms with E-state index in [4.69, 9.17) is 4.74 Å². The maximum atomic E-state index is 12.8. The average Bonchev–Trinajstić information content (AvgIpc) is 3.06. The van der Waals surface area contributed by atoms with Gasteiger partial charge in [0.2, 0.25) is 0 Å². The minimum atomic E-state index is -4.41. The molecule has 0 atom stereocenters. The van der Waals surface area contributed by atoms with E-state index < -0.39 is 12.8 Å². The van der Waals surface area contributed by atoms with E-state index in [1.165, 1.54) is 34.9 Å². The van der Waals surface area contributed by atoms with Crippen LogP contribution in [0.1, 0.15) is 19.2 Å². The van der Waals surface area contributed by atoms with Crippen molar-refractivity contribution in [1.82, 2.24) is 19.3 Å². The smallest absolute Gasteiger partial charge is 0.422 e. The summed E-state index contributed by atoms with van der Waals surface area (Å²) < 4.78 is 44.6. The van der Waals surface area contributed by atoms with Crippen molar-refractivity contribution in [2.45, 2.75) is 25.9 Å². The van der Waals surface area contributed by atoms with Gasteiger partial charge in [0.1, 0.15) is 11.6 Å². The molecule has 0 unspecified atom stereocenters. The topological polar surface area (TPSA) is 61.9 Å². The highest BCUT2D eigenvalue weighted by atomic mass is 19.4. The van der Waals surface area contributed by atoms with Crippen molar-refractivity contribution < 1.29 is 17.9 Å². The van der Waals surface area contributed by atoms with E-state index in [0.29, 0.717) is 23.6 Å². The molecule has 0 fully saturated rings. The largest absolute Gasteiger partial charge is 0.484 e. The van der Waals surface area contributed by atoms with Crippen LogP contribution in [-0.2, 0) is 13.5 Å². The number of hydrogen-bond donors (Lipinski definition) is 0. The molecule has 148 valence electrons. The van der Waals surface area contributed by atoms with E-state index in [2.05, 4.69) is 10.1 Å². The van der Waals surface area contributed by atoms with Crippen molar-refractivity contribution in [3.63, 3.8) is 0 Å². The molecule has 0 bridgehead atoms. The van der Waals surface area contributed by atoms with Gasteiger partial charge in [0.15, 0.2) is 6.61 Å². The molecule has 2 heterocycles. The van der Waals surface area contributed by atoms with Gasteiger partial charge in [-0.2, -0.15) is 18.3 Å². The van der Waals surface area contributed by atoms with Crippen LogP contribution in [0.15, 0.2) is 47.4 Å². The van der Waals surface area contributed by atoms with Crippen molar-refractivity contribution in [1.29, 1.82) is 0 Å². The number of aromatic nitrogens is 4. The fraction of sp³-hybridized carbons (Fsp3) is 0.316.